The van der Waals surface area contributed by atoms with Gasteiger partial charge < -0.3 is 9.84 Å². The Morgan fingerprint density at radius 2 is 2.27 bits per heavy atom. The minimum Gasteiger partial charge on any atom is -0.356 e. The van der Waals surface area contributed by atoms with Crippen molar-refractivity contribution in [2.45, 2.75) is 6.42 Å². The average molecular weight is 200 g/mol. The van der Waals surface area contributed by atoms with Crippen molar-refractivity contribution < 1.29 is 9.32 Å². The summed E-state index contributed by atoms with van der Waals surface area (Å²) in [6.45, 7) is 0. The zero-order valence-electron chi connectivity index (χ0n) is 7.86. The van der Waals surface area contributed by atoms with E-state index in [9.17, 15) is 4.79 Å². The molecule has 4 nitrogen and oxygen atoms in total. The second-order valence-electron chi connectivity index (χ2n) is 3.47. The SMILES string of the molecule is O=C1Cc2cc(-c3ccno3)ccc2N1. The van der Waals surface area contributed by atoms with Crippen molar-refractivity contribution >= 4 is 11.6 Å². The normalized spacial score (nSPS) is 13.7. The number of rotatable bonds is 1. The smallest absolute Gasteiger partial charge is 0.228 e. The number of fused-ring (bicyclic) bond motifs is 1. The van der Waals surface area contributed by atoms with Gasteiger partial charge in [0.1, 0.15) is 0 Å². The summed E-state index contributed by atoms with van der Waals surface area (Å²) < 4.78 is 5.05. The molecule has 0 unspecified atom stereocenters. The fourth-order valence-corrected chi connectivity index (χ4v) is 1.75. The minimum atomic E-state index is 0.0414. The predicted molar refractivity (Wildman–Crippen MR) is 54.3 cm³/mol. The van der Waals surface area contributed by atoms with E-state index in [1.807, 2.05) is 18.2 Å². The molecule has 0 saturated heterocycles. The van der Waals surface area contributed by atoms with Gasteiger partial charge >= 0.3 is 0 Å². The summed E-state index contributed by atoms with van der Waals surface area (Å²) in [5.74, 6) is 0.761. The Balaban J connectivity index is 2.07. The highest BCUT2D eigenvalue weighted by Crippen LogP contribution is 2.28. The molecule has 1 aromatic carbocycles. The lowest BCUT2D eigenvalue weighted by molar-refractivity contribution is -0.115. The number of carbonyl (C=O) groups is 1. The maximum atomic E-state index is 11.2. The van der Waals surface area contributed by atoms with E-state index >= 15 is 0 Å². The van der Waals surface area contributed by atoms with Crippen molar-refractivity contribution in [2.75, 3.05) is 5.32 Å². The maximum Gasteiger partial charge on any atom is 0.228 e. The van der Waals surface area contributed by atoms with Crippen molar-refractivity contribution in [1.29, 1.82) is 0 Å². The number of aromatic nitrogens is 1. The zero-order chi connectivity index (χ0) is 10.3. The van der Waals surface area contributed by atoms with Crippen molar-refractivity contribution in [3.63, 3.8) is 0 Å². The van der Waals surface area contributed by atoms with E-state index in [0.717, 1.165) is 22.6 Å². The number of nitrogens with one attached hydrogen (secondary N) is 1. The van der Waals surface area contributed by atoms with E-state index in [4.69, 9.17) is 4.52 Å². The minimum absolute atomic E-state index is 0.0414. The summed E-state index contributed by atoms with van der Waals surface area (Å²) in [5, 5.41) is 6.43. The van der Waals surface area contributed by atoms with Crippen LogP contribution in [0.1, 0.15) is 5.56 Å². The lowest BCUT2D eigenvalue weighted by Crippen LogP contribution is -2.03. The lowest BCUT2D eigenvalue weighted by atomic mass is 10.1. The van der Waals surface area contributed by atoms with Gasteiger partial charge in [0.25, 0.3) is 0 Å². The average Bonchev–Trinajstić information content (AvgIpc) is 2.82. The van der Waals surface area contributed by atoms with Crippen molar-refractivity contribution in [1.82, 2.24) is 5.16 Å². The number of hydrogen-bond acceptors (Lipinski definition) is 3. The maximum absolute atomic E-state index is 11.2. The van der Waals surface area contributed by atoms with Crippen LogP contribution in [0.15, 0.2) is 35.0 Å². The Kier molecular flexibility index (Phi) is 1.62. The third-order valence-corrected chi connectivity index (χ3v) is 2.45. The monoisotopic (exact) mass is 200 g/mol. The van der Waals surface area contributed by atoms with Gasteiger partial charge in [-0.15, -0.1) is 0 Å². The molecule has 1 amide bonds. The van der Waals surface area contributed by atoms with Crippen LogP contribution < -0.4 is 5.32 Å². The number of carbonyl (C=O) groups excluding carboxylic acids is 1. The van der Waals surface area contributed by atoms with E-state index in [0.29, 0.717) is 6.42 Å². The van der Waals surface area contributed by atoms with Gasteiger partial charge in [-0.1, -0.05) is 5.16 Å². The van der Waals surface area contributed by atoms with E-state index < -0.39 is 0 Å². The molecule has 0 radical (unpaired) electrons. The van der Waals surface area contributed by atoms with Gasteiger partial charge in [0.15, 0.2) is 5.76 Å². The number of benzene rings is 1. The number of anilines is 1. The number of amides is 1. The van der Waals surface area contributed by atoms with E-state index in [1.165, 1.54) is 0 Å². The van der Waals surface area contributed by atoms with Gasteiger partial charge in [0.2, 0.25) is 5.91 Å². The van der Waals surface area contributed by atoms with Crippen molar-refractivity contribution in [2.24, 2.45) is 0 Å². The summed E-state index contributed by atoms with van der Waals surface area (Å²) in [4.78, 5) is 11.2. The Labute approximate surface area is 85.9 Å². The van der Waals surface area contributed by atoms with Crippen LogP contribution in [0.2, 0.25) is 0 Å². The quantitative estimate of drug-likeness (QED) is 0.764. The van der Waals surface area contributed by atoms with E-state index in [2.05, 4.69) is 10.5 Å². The highest BCUT2D eigenvalue weighted by Gasteiger charge is 2.18. The Bertz CT molecular complexity index is 517. The number of nitrogens with zero attached hydrogens (tertiary/aromatic N) is 1. The largest absolute Gasteiger partial charge is 0.356 e. The molecule has 3 rings (SSSR count). The fraction of sp³-hybridized carbons (Fsp3) is 0.0909. The van der Waals surface area contributed by atoms with E-state index in [-0.39, 0.29) is 5.91 Å². The molecule has 4 heteroatoms. The van der Waals surface area contributed by atoms with Crippen molar-refractivity contribution in [3.8, 4) is 11.3 Å². The van der Waals surface area contributed by atoms with Crippen LogP contribution in [0.3, 0.4) is 0 Å². The summed E-state index contributed by atoms with van der Waals surface area (Å²) in [6.07, 6.45) is 2.04. The molecule has 15 heavy (non-hydrogen) atoms. The first kappa shape index (κ1) is 8.23. The Hall–Kier alpha value is -2.10. The summed E-state index contributed by atoms with van der Waals surface area (Å²) in [5.41, 5.74) is 2.85. The van der Waals surface area contributed by atoms with Crippen LogP contribution in [-0.2, 0) is 11.2 Å². The van der Waals surface area contributed by atoms with Gasteiger partial charge in [-0.3, -0.25) is 4.79 Å². The highest BCUT2D eigenvalue weighted by atomic mass is 16.5. The molecule has 2 heterocycles. The first-order valence-electron chi connectivity index (χ1n) is 4.67. The van der Waals surface area contributed by atoms with Gasteiger partial charge in [-0.2, -0.15) is 0 Å². The molecule has 1 aliphatic rings. The molecule has 0 atom stereocenters. The van der Waals surface area contributed by atoms with Gasteiger partial charge in [-0.25, -0.2) is 0 Å². The Morgan fingerprint density at radius 1 is 1.33 bits per heavy atom. The fourth-order valence-electron chi connectivity index (χ4n) is 1.75. The molecular formula is C11H8N2O2. The van der Waals surface area contributed by atoms with Gasteiger partial charge in [0, 0.05) is 17.3 Å². The third kappa shape index (κ3) is 1.30. The summed E-state index contributed by atoms with van der Waals surface area (Å²) in [6, 6.07) is 7.54. The molecule has 0 fully saturated rings. The van der Waals surface area contributed by atoms with Crippen LogP contribution in [0, 0.1) is 0 Å². The molecule has 0 bridgehead atoms. The topological polar surface area (TPSA) is 55.1 Å². The zero-order valence-corrected chi connectivity index (χ0v) is 7.86. The third-order valence-electron chi connectivity index (χ3n) is 2.45. The van der Waals surface area contributed by atoms with Crippen LogP contribution in [0.25, 0.3) is 11.3 Å². The van der Waals surface area contributed by atoms with Gasteiger partial charge in [0.05, 0.1) is 12.6 Å². The summed E-state index contributed by atoms with van der Waals surface area (Å²) in [7, 11) is 0. The molecule has 0 spiro atoms. The Morgan fingerprint density at radius 3 is 3.07 bits per heavy atom. The molecule has 74 valence electrons. The molecule has 1 N–H and O–H groups in total. The molecule has 0 saturated carbocycles. The molecule has 1 aromatic heterocycles. The van der Waals surface area contributed by atoms with Crippen LogP contribution in [0.4, 0.5) is 5.69 Å². The van der Waals surface area contributed by atoms with Crippen LogP contribution >= 0.6 is 0 Å². The second kappa shape index (κ2) is 2.95. The van der Waals surface area contributed by atoms with Gasteiger partial charge in [-0.05, 0) is 23.8 Å². The molecular weight excluding hydrogens is 192 g/mol. The van der Waals surface area contributed by atoms with Crippen molar-refractivity contribution in [3.05, 3.63) is 36.0 Å². The standard InChI is InChI=1S/C11H8N2O2/c14-11-6-8-5-7(1-2-9(8)13-11)10-3-4-12-15-10/h1-5H,6H2,(H,13,14). The first-order chi connectivity index (χ1) is 7.33. The summed E-state index contributed by atoms with van der Waals surface area (Å²) >= 11 is 0. The number of hydrogen-bond donors (Lipinski definition) is 1. The molecule has 2 aromatic rings. The lowest BCUT2D eigenvalue weighted by Gasteiger charge is -2.00. The molecule has 1 aliphatic heterocycles. The van der Waals surface area contributed by atoms with Crippen LogP contribution in [-0.4, -0.2) is 11.1 Å². The van der Waals surface area contributed by atoms with E-state index in [1.54, 1.807) is 12.3 Å². The first-order valence-corrected chi connectivity index (χ1v) is 4.67. The second-order valence-corrected chi connectivity index (χ2v) is 3.47. The predicted octanol–water partition coefficient (Wildman–Crippen LogP) is 1.84. The van der Waals surface area contributed by atoms with Crippen LogP contribution in [0.5, 0.6) is 0 Å². The highest BCUT2D eigenvalue weighted by molar-refractivity contribution is 5.99. The molecule has 0 aliphatic carbocycles.